The second-order valence-corrected chi connectivity index (χ2v) is 11.2. The molecule has 4 heteroatoms. The van der Waals surface area contributed by atoms with Crippen LogP contribution in [0.4, 0.5) is 4.39 Å². The molecule has 3 aromatic carbocycles. The van der Waals surface area contributed by atoms with Gasteiger partial charge in [0.15, 0.2) is 0 Å². The lowest BCUT2D eigenvalue weighted by atomic mass is 9.74. The van der Waals surface area contributed by atoms with E-state index in [1.54, 1.807) is 19.2 Å². The third-order valence-corrected chi connectivity index (χ3v) is 6.59. The van der Waals surface area contributed by atoms with Crippen LogP contribution in [0.15, 0.2) is 60.7 Å². The lowest BCUT2D eigenvalue weighted by molar-refractivity contribution is 0.304. The van der Waals surface area contributed by atoms with Crippen molar-refractivity contribution in [2.45, 2.75) is 66.9 Å². The molecule has 0 saturated heterocycles. The molecule has 0 aliphatic heterocycles. The molecule has 0 N–H and O–H groups in total. The molecule has 0 heterocycles. The molecular formula is C32H38FNO2. The van der Waals surface area contributed by atoms with Crippen LogP contribution in [0.3, 0.4) is 0 Å². The van der Waals surface area contributed by atoms with Crippen LogP contribution in [-0.4, -0.2) is 7.11 Å². The quantitative estimate of drug-likeness (QED) is 0.303. The van der Waals surface area contributed by atoms with Gasteiger partial charge in [0.2, 0.25) is 0 Å². The predicted octanol–water partition coefficient (Wildman–Crippen LogP) is 8.71. The van der Waals surface area contributed by atoms with Gasteiger partial charge in [0.1, 0.15) is 23.9 Å². The Labute approximate surface area is 215 Å². The van der Waals surface area contributed by atoms with E-state index < -0.39 is 5.41 Å². The van der Waals surface area contributed by atoms with E-state index in [0.29, 0.717) is 17.9 Å². The van der Waals surface area contributed by atoms with Gasteiger partial charge in [0.25, 0.3) is 0 Å². The maximum Gasteiger partial charge on any atom is 0.131 e. The summed E-state index contributed by atoms with van der Waals surface area (Å²) in [6, 6.07) is 21.5. The summed E-state index contributed by atoms with van der Waals surface area (Å²) in [6.45, 7) is 13.0. The zero-order valence-corrected chi connectivity index (χ0v) is 22.6. The zero-order valence-electron chi connectivity index (χ0n) is 22.6. The van der Waals surface area contributed by atoms with Crippen LogP contribution in [0.2, 0.25) is 0 Å². The minimum atomic E-state index is -0.443. The Kier molecular flexibility index (Phi) is 8.46. The third-order valence-electron chi connectivity index (χ3n) is 6.59. The fourth-order valence-electron chi connectivity index (χ4n) is 4.78. The minimum Gasteiger partial charge on any atom is -0.497 e. The highest BCUT2D eigenvalue weighted by Gasteiger charge is 2.29. The number of halogens is 1. The number of rotatable bonds is 9. The van der Waals surface area contributed by atoms with Crippen molar-refractivity contribution in [1.29, 1.82) is 5.26 Å². The molecule has 0 fully saturated rings. The first-order valence-corrected chi connectivity index (χ1v) is 12.6. The molecule has 190 valence electrons. The summed E-state index contributed by atoms with van der Waals surface area (Å²) < 4.78 is 26.4. The highest BCUT2D eigenvalue weighted by atomic mass is 19.1. The normalized spacial score (nSPS) is 12.6. The van der Waals surface area contributed by atoms with Crippen molar-refractivity contribution >= 4 is 0 Å². The molecule has 1 unspecified atom stereocenters. The maximum absolute atomic E-state index is 14.8. The summed E-state index contributed by atoms with van der Waals surface area (Å²) in [5.74, 6) is 1.24. The molecule has 3 rings (SSSR count). The van der Waals surface area contributed by atoms with Crippen LogP contribution in [0.25, 0.3) is 11.1 Å². The molecule has 36 heavy (non-hydrogen) atoms. The molecule has 3 aromatic rings. The minimum absolute atomic E-state index is 0.0136. The van der Waals surface area contributed by atoms with E-state index in [4.69, 9.17) is 9.47 Å². The monoisotopic (exact) mass is 487 g/mol. The van der Waals surface area contributed by atoms with Crippen LogP contribution < -0.4 is 9.47 Å². The maximum atomic E-state index is 14.8. The van der Waals surface area contributed by atoms with Crippen molar-refractivity contribution in [3.63, 3.8) is 0 Å². The summed E-state index contributed by atoms with van der Waals surface area (Å²) in [4.78, 5) is 0. The molecule has 0 aliphatic carbocycles. The van der Waals surface area contributed by atoms with E-state index in [9.17, 15) is 9.65 Å². The van der Waals surface area contributed by atoms with Gasteiger partial charge in [-0.25, -0.2) is 4.39 Å². The van der Waals surface area contributed by atoms with Gasteiger partial charge in [-0.15, -0.1) is 0 Å². The Morgan fingerprint density at radius 2 is 1.64 bits per heavy atom. The number of benzene rings is 3. The molecule has 0 spiro atoms. The molecule has 0 aliphatic rings. The van der Waals surface area contributed by atoms with Crippen LogP contribution in [0.1, 0.15) is 70.6 Å². The van der Waals surface area contributed by atoms with Gasteiger partial charge < -0.3 is 9.47 Å². The first-order valence-electron chi connectivity index (χ1n) is 12.6. The Balaban J connectivity index is 1.90. The number of ether oxygens (including phenoxy) is 2. The van der Waals surface area contributed by atoms with Crippen LogP contribution in [-0.2, 0) is 13.0 Å². The molecule has 0 amide bonds. The van der Waals surface area contributed by atoms with Gasteiger partial charge in [-0.1, -0.05) is 58.0 Å². The fourth-order valence-corrected chi connectivity index (χ4v) is 4.78. The second kappa shape index (κ2) is 11.2. The van der Waals surface area contributed by atoms with Gasteiger partial charge >= 0.3 is 0 Å². The Morgan fingerprint density at radius 1 is 0.917 bits per heavy atom. The summed E-state index contributed by atoms with van der Waals surface area (Å²) in [7, 11) is 1.59. The standard InChI is InChI=1S/C32H38FNO2/c1-8-29(32(5,6)21-34)23-11-9-10-22(16-23)20-36-26-12-14-27(24(17-26)19-31(2,3)4)28-18-25(35-7)13-15-30(28)33/h9-18,29H,8,19-20H2,1-7H3. The lowest BCUT2D eigenvalue weighted by Gasteiger charge is -2.27. The number of hydrogen-bond acceptors (Lipinski definition) is 3. The molecule has 0 saturated carbocycles. The first kappa shape index (κ1) is 27.3. The predicted molar refractivity (Wildman–Crippen MR) is 145 cm³/mol. The van der Waals surface area contributed by atoms with E-state index >= 15 is 0 Å². The van der Waals surface area contributed by atoms with Gasteiger partial charge in [0.05, 0.1) is 18.6 Å². The third kappa shape index (κ3) is 6.66. The van der Waals surface area contributed by atoms with Crippen molar-refractivity contribution in [3.8, 4) is 28.7 Å². The van der Waals surface area contributed by atoms with Crippen LogP contribution >= 0.6 is 0 Å². The molecule has 0 radical (unpaired) electrons. The SMILES string of the molecule is CCC(c1cccc(COc2ccc(-c3cc(OC)ccc3F)c(CC(C)(C)C)c2)c1)C(C)(C)C#N. The average molecular weight is 488 g/mol. The van der Waals surface area contributed by atoms with Gasteiger partial charge in [-0.3, -0.25) is 0 Å². The van der Waals surface area contributed by atoms with Gasteiger partial charge in [-0.2, -0.15) is 5.26 Å². The van der Waals surface area contributed by atoms with E-state index in [-0.39, 0.29) is 17.2 Å². The number of methoxy groups -OCH3 is 1. The van der Waals surface area contributed by atoms with Gasteiger partial charge in [0, 0.05) is 11.5 Å². The Hall–Kier alpha value is -3.32. The smallest absolute Gasteiger partial charge is 0.131 e. The lowest BCUT2D eigenvalue weighted by Crippen LogP contribution is -2.19. The number of nitriles is 1. The fraction of sp³-hybridized carbons (Fsp3) is 0.406. The Morgan fingerprint density at radius 3 is 2.28 bits per heavy atom. The zero-order chi connectivity index (χ0) is 26.5. The van der Waals surface area contributed by atoms with Gasteiger partial charge in [-0.05, 0) is 84.7 Å². The van der Waals surface area contributed by atoms with Crippen molar-refractivity contribution in [2.24, 2.45) is 10.8 Å². The number of hydrogen-bond donors (Lipinski definition) is 0. The number of nitrogens with zero attached hydrogens (tertiary/aromatic N) is 1. The van der Waals surface area contributed by atoms with E-state index in [0.717, 1.165) is 40.8 Å². The molecular weight excluding hydrogens is 449 g/mol. The van der Waals surface area contributed by atoms with Crippen LogP contribution in [0, 0.1) is 28.0 Å². The Bertz CT molecular complexity index is 1230. The highest BCUT2D eigenvalue weighted by molar-refractivity contribution is 5.70. The van der Waals surface area contributed by atoms with Crippen molar-refractivity contribution in [3.05, 3.63) is 83.2 Å². The second-order valence-electron chi connectivity index (χ2n) is 11.2. The molecule has 0 bridgehead atoms. The highest BCUT2D eigenvalue weighted by Crippen LogP contribution is 2.38. The topological polar surface area (TPSA) is 42.2 Å². The van der Waals surface area contributed by atoms with Crippen molar-refractivity contribution < 1.29 is 13.9 Å². The van der Waals surface area contributed by atoms with Crippen LogP contribution in [0.5, 0.6) is 11.5 Å². The summed E-state index contributed by atoms with van der Waals surface area (Å²) >= 11 is 0. The molecule has 1 atom stereocenters. The first-order chi connectivity index (χ1) is 17.0. The van der Waals surface area contributed by atoms with Crippen molar-refractivity contribution in [1.82, 2.24) is 0 Å². The largest absolute Gasteiger partial charge is 0.497 e. The summed E-state index contributed by atoms with van der Waals surface area (Å²) in [5, 5.41) is 9.63. The van der Waals surface area contributed by atoms with Crippen molar-refractivity contribution in [2.75, 3.05) is 7.11 Å². The van der Waals surface area contributed by atoms with E-state index in [1.165, 1.54) is 6.07 Å². The summed E-state index contributed by atoms with van der Waals surface area (Å²) in [6.07, 6.45) is 1.66. The molecule has 3 nitrogen and oxygen atoms in total. The summed E-state index contributed by atoms with van der Waals surface area (Å²) in [5.41, 5.74) is 4.19. The molecule has 0 aromatic heterocycles. The van der Waals surface area contributed by atoms with E-state index in [1.807, 2.05) is 44.2 Å². The van der Waals surface area contributed by atoms with E-state index in [2.05, 4.69) is 45.9 Å². The average Bonchev–Trinajstić information content (AvgIpc) is 2.83.